The van der Waals surface area contributed by atoms with E-state index in [1.54, 1.807) is 36.7 Å². The zero-order valence-electron chi connectivity index (χ0n) is 18.4. The molecule has 0 spiro atoms. The van der Waals surface area contributed by atoms with Gasteiger partial charge >= 0.3 is 0 Å². The van der Waals surface area contributed by atoms with Crippen LogP contribution >= 0.6 is 0 Å². The second kappa shape index (κ2) is 8.85. The van der Waals surface area contributed by atoms with Crippen molar-refractivity contribution in [2.24, 2.45) is 0 Å². The van der Waals surface area contributed by atoms with Gasteiger partial charge in [-0.3, -0.25) is 19.1 Å². The summed E-state index contributed by atoms with van der Waals surface area (Å²) in [5.41, 5.74) is 5.14. The molecule has 0 aliphatic carbocycles. The molecule has 2 aromatic heterocycles. The van der Waals surface area contributed by atoms with Crippen molar-refractivity contribution in [2.75, 3.05) is 28.7 Å². The minimum atomic E-state index is -3.51. The van der Waals surface area contributed by atoms with E-state index in [2.05, 4.69) is 15.3 Å². The molecule has 172 valence electrons. The number of anilines is 2. The number of ether oxygens (including phenoxy) is 1. The third-order valence-corrected chi connectivity index (χ3v) is 7.23. The van der Waals surface area contributed by atoms with Gasteiger partial charge in [-0.2, -0.15) is 0 Å². The second-order valence-corrected chi connectivity index (χ2v) is 9.81. The van der Waals surface area contributed by atoms with Crippen molar-refractivity contribution in [2.45, 2.75) is 6.92 Å². The number of benzene rings is 2. The number of aromatic nitrogens is 2. The number of carbonyl (C=O) groups is 1. The van der Waals surface area contributed by atoms with Crippen LogP contribution in [-0.4, -0.2) is 43.4 Å². The maximum atomic E-state index is 12.9. The predicted octanol–water partition coefficient (Wildman–Crippen LogP) is 3.98. The molecule has 1 fully saturated rings. The summed E-state index contributed by atoms with van der Waals surface area (Å²) in [4.78, 5) is 21.9. The number of nitrogens with one attached hydrogen (secondary N) is 1. The lowest BCUT2D eigenvalue weighted by molar-refractivity contribution is 0.102. The molecule has 1 aliphatic heterocycles. The quantitative estimate of drug-likeness (QED) is 0.480. The van der Waals surface area contributed by atoms with E-state index < -0.39 is 10.0 Å². The van der Waals surface area contributed by atoms with E-state index >= 15 is 0 Å². The van der Waals surface area contributed by atoms with Gasteiger partial charge in [-0.05, 0) is 67.1 Å². The van der Waals surface area contributed by atoms with E-state index in [4.69, 9.17) is 4.74 Å². The van der Waals surface area contributed by atoms with Crippen LogP contribution in [0, 0.1) is 6.92 Å². The molecule has 0 bridgehead atoms. The maximum Gasteiger partial charge on any atom is 0.259 e. The van der Waals surface area contributed by atoms with Crippen LogP contribution in [0.25, 0.3) is 22.2 Å². The molecule has 3 heterocycles. The Balaban J connectivity index is 1.39. The van der Waals surface area contributed by atoms with Gasteiger partial charge in [0.05, 0.1) is 30.0 Å². The van der Waals surface area contributed by atoms with E-state index in [0.717, 1.165) is 27.7 Å². The van der Waals surface area contributed by atoms with E-state index in [9.17, 15) is 13.2 Å². The fourth-order valence-electron chi connectivity index (χ4n) is 3.96. The molecule has 9 heteroatoms. The summed E-state index contributed by atoms with van der Waals surface area (Å²) >= 11 is 0. The van der Waals surface area contributed by atoms with Crippen LogP contribution < -0.4 is 9.62 Å². The van der Waals surface area contributed by atoms with Gasteiger partial charge in [0.1, 0.15) is 0 Å². The monoisotopic (exact) mass is 474 g/mol. The van der Waals surface area contributed by atoms with Crippen molar-refractivity contribution >= 4 is 38.2 Å². The number of rotatable bonds is 4. The molecule has 1 N–H and O–H groups in total. The first kappa shape index (κ1) is 22.0. The highest BCUT2D eigenvalue weighted by atomic mass is 32.2. The van der Waals surface area contributed by atoms with E-state index in [1.807, 2.05) is 43.3 Å². The van der Waals surface area contributed by atoms with E-state index in [-0.39, 0.29) is 18.4 Å². The molecule has 0 saturated carbocycles. The maximum absolute atomic E-state index is 12.9. The Morgan fingerprint density at radius 2 is 1.85 bits per heavy atom. The Bertz CT molecular complexity index is 1480. The zero-order chi connectivity index (χ0) is 23.7. The Morgan fingerprint density at radius 3 is 2.65 bits per heavy atom. The minimum Gasteiger partial charge on any atom is -0.362 e. The van der Waals surface area contributed by atoms with Crippen molar-refractivity contribution in [3.63, 3.8) is 0 Å². The summed E-state index contributed by atoms with van der Waals surface area (Å²) in [7, 11) is -3.51. The highest BCUT2D eigenvalue weighted by Gasteiger charge is 2.26. The normalized spacial score (nSPS) is 15.3. The minimum absolute atomic E-state index is 0.248. The highest BCUT2D eigenvalue weighted by molar-refractivity contribution is 7.92. The molecule has 5 rings (SSSR count). The highest BCUT2D eigenvalue weighted by Crippen LogP contribution is 2.30. The molecule has 0 atom stereocenters. The largest absolute Gasteiger partial charge is 0.362 e. The van der Waals surface area contributed by atoms with Crippen LogP contribution in [0.2, 0.25) is 0 Å². The SMILES string of the molecule is Cc1ccc(NC(=O)c2ccc(N3CCOCS3(=O)=O)cc2)cc1-c1nccc2ncccc12. The van der Waals surface area contributed by atoms with Crippen LogP contribution in [0.3, 0.4) is 0 Å². The fraction of sp³-hybridized carbons (Fsp3) is 0.160. The first-order valence-electron chi connectivity index (χ1n) is 10.7. The van der Waals surface area contributed by atoms with Gasteiger partial charge in [0.25, 0.3) is 15.9 Å². The molecule has 4 aromatic rings. The molecule has 8 nitrogen and oxygen atoms in total. The number of fused-ring (bicyclic) bond motifs is 1. The van der Waals surface area contributed by atoms with Crippen LogP contribution in [-0.2, 0) is 14.8 Å². The molecule has 34 heavy (non-hydrogen) atoms. The third kappa shape index (κ3) is 4.23. The molecular formula is C25H22N4O4S. The van der Waals surface area contributed by atoms with Crippen LogP contribution in [0.4, 0.5) is 11.4 Å². The number of hydrogen-bond donors (Lipinski definition) is 1. The van der Waals surface area contributed by atoms with Gasteiger partial charge in [0, 0.05) is 34.6 Å². The summed E-state index contributed by atoms with van der Waals surface area (Å²) in [6.45, 7) is 2.58. The molecule has 1 saturated heterocycles. The molecule has 0 radical (unpaired) electrons. The summed E-state index contributed by atoms with van der Waals surface area (Å²) in [5, 5.41) is 3.86. The van der Waals surface area contributed by atoms with Gasteiger partial charge in [0.15, 0.2) is 5.94 Å². The third-order valence-electron chi connectivity index (χ3n) is 5.70. The van der Waals surface area contributed by atoms with Crippen molar-refractivity contribution in [3.05, 3.63) is 84.2 Å². The molecule has 1 amide bonds. The summed E-state index contributed by atoms with van der Waals surface area (Å²) < 4.78 is 30.8. The van der Waals surface area contributed by atoms with Gasteiger partial charge < -0.3 is 10.1 Å². The lowest BCUT2D eigenvalue weighted by atomic mass is 10.0. The van der Waals surface area contributed by atoms with Crippen molar-refractivity contribution < 1.29 is 17.9 Å². The number of pyridine rings is 2. The summed E-state index contributed by atoms with van der Waals surface area (Å²) in [5.74, 6) is -0.633. The molecule has 2 aromatic carbocycles. The number of aryl methyl sites for hydroxylation is 1. The number of carbonyl (C=O) groups excluding carboxylic acids is 1. The first-order valence-corrected chi connectivity index (χ1v) is 12.3. The van der Waals surface area contributed by atoms with Gasteiger partial charge in [-0.15, -0.1) is 0 Å². The zero-order valence-corrected chi connectivity index (χ0v) is 19.2. The topological polar surface area (TPSA) is 101 Å². The number of amides is 1. The van der Waals surface area contributed by atoms with Crippen LogP contribution in [0.5, 0.6) is 0 Å². The Labute approximate surface area is 197 Å². The predicted molar refractivity (Wildman–Crippen MR) is 131 cm³/mol. The standard InChI is InChI=1S/C25H22N4O4S/c1-17-4-7-19(15-22(17)24-21-3-2-11-26-23(21)10-12-27-24)28-25(30)18-5-8-20(9-6-18)29-13-14-33-16-34(29,31)32/h2-12,15H,13-14,16H2,1H3,(H,28,30). The Morgan fingerprint density at radius 1 is 1.03 bits per heavy atom. The van der Waals surface area contributed by atoms with Gasteiger partial charge in [-0.1, -0.05) is 6.07 Å². The second-order valence-electron chi connectivity index (χ2n) is 7.97. The van der Waals surface area contributed by atoms with Gasteiger partial charge in [0.2, 0.25) is 0 Å². The van der Waals surface area contributed by atoms with Crippen LogP contribution in [0.15, 0.2) is 73.1 Å². The average Bonchev–Trinajstić information content (AvgIpc) is 2.85. The van der Waals surface area contributed by atoms with Crippen molar-refractivity contribution in [3.8, 4) is 11.3 Å². The lowest BCUT2D eigenvalue weighted by Crippen LogP contribution is -2.41. The van der Waals surface area contributed by atoms with E-state index in [0.29, 0.717) is 23.5 Å². The Kier molecular flexibility index (Phi) is 5.72. The molecule has 0 unspecified atom stereocenters. The fourth-order valence-corrected chi connectivity index (χ4v) is 5.21. The molecule has 1 aliphatic rings. The lowest BCUT2D eigenvalue weighted by Gasteiger charge is -2.28. The summed E-state index contributed by atoms with van der Waals surface area (Å²) in [6.07, 6.45) is 3.47. The van der Waals surface area contributed by atoms with Crippen molar-refractivity contribution in [1.82, 2.24) is 9.97 Å². The van der Waals surface area contributed by atoms with E-state index in [1.165, 1.54) is 4.31 Å². The summed E-state index contributed by atoms with van der Waals surface area (Å²) in [6, 6.07) is 17.9. The number of nitrogens with zero attached hydrogens (tertiary/aromatic N) is 3. The van der Waals surface area contributed by atoms with Crippen LogP contribution in [0.1, 0.15) is 15.9 Å². The Hall–Kier alpha value is -3.82. The van der Waals surface area contributed by atoms with Crippen molar-refractivity contribution in [1.29, 1.82) is 0 Å². The average molecular weight is 475 g/mol. The first-order chi connectivity index (χ1) is 16.4. The number of sulfonamides is 1. The smallest absolute Gasteiger partial charge is 0.259 e. The molecular weight excluding hydrogens is 452 g/mol. The van der Waals surface area contributed by atoms with Gasteiger partial charge in [-0.25, -0.2) is 8.42 Å². The number of hydrogen-bond acceptors (Lipinski definition) is 6.